The van der Waals surface area contributed by atoms with Gasteiger partial charge in [0.1, 0.15) is 0 Å². The van der Waals surface area contributed by atoms with Crippen LogP contribution in [-0.2, 0) is 6.54 Å². The highest BCUT2D eigenvalue weighted by atomic mass is 127. The Labute approximate surface area is 143 Å². The van der Waals surface area contributed by atoms with E-state index in [2.05, 4.69) is 34.0 Å². The molecule has 2 rings (SSSR count). The summed E-state index contributed by atoms with van der Waals surface area (Å²) in [7, 11) is 1.65. The van der Waals surface area contributed by atoms with E-state index in [1.165, 1.54) is 0 Å². The van der Waals surface area contributed by atoms with E-state index in [9.17, 15) is 0 Å². The Bertz CT molecular complexity index is 619. The molecule has 112 valence electrons. The summed E-state index contributed by atoms with van der Waals surface area (Å²) in [4.78, 5) is 0. The van der Waals surface area contributed by atoms with Crippen molar-refractivity contribution in [3.8, 4) is 11.5 Å². The molecule has 0 radical (unpaired) electrons. The van der Waals surface area contributed by atoms with Crippen molar-refractivity contribution in [1.29, 1.82) is 0 Å². The molecule has 3 nitrogen and oxygen atoms in total. The molecule has 0 amide bonds. The fourth-order valence-electron chi connectivity index (χ4n) is 1.96. The van der Waals surface area contributed by atoms with E-state index >= 15 is 0 Å². The molecule has 0 unspecified atom stereocenters. The van der Waals surface area contributed by atoms with Crippen molar-refractivity contribution in [2.75, 3.05) is 19.0 Å². The third-order valence-corrected chi connectivity index (χ3v) is 3.94. The van der Waals surface area contributed by atoms with E-state index in [1.807, 2.05) is 37.3 Å². The van der Waals surface area contributed by atoms with Crippen molar-refractivity contribution in [3.63, 3.8) is 0 Å². The second-order valence-electron chi connectivity index (χ2n) is 4.41. The van der Waals surface area contributed by atoms with Gasteiger partial charge in [0.25, 0.3) is 0 Å². The average Bonchev–Trinajstić information content (AvgIpc) is 2.47. The molecule has 1 N–H and O–H groups in total. The third-order valence-electron chi connectivity index (χ3n) is 2.90. The van der Waals surface area contributed by atoms with E-state index in [1.54, 1.807) is 7.11 Å². The summed E-state index contributed by atoms with van der Waals surface area (Å²) < 4.78 is 12.1. The second kappa shape index (κ2) is 7.75. The van der Waals surface area contributed by atoms with Crippen molar-refractivity contribution in [1.82, 2.24) is 0 Å². The molecule has 21 heavy (non-hydrogen) atoms. The number of benzene rings is 2. The molecule has 2 aromatic rings. The number of rotatable bonds is 6. The van der Waals surface area contributed by atoms with Gasteiger partial charge in [-0.05, 0) is 65.4 Å². The number of halogens is 2. The van der Waals surface area contributed by atoms with Gasteiger partial charge in [0, 0.05) is 17.3 Å². The van der Waals surface area contributed by atoms with Crippen molar-refractivity contribution in [2.45, 2.75) is 13.5 Å². The fourth-order valence-corrected chi connectivity index (χ4v) is 2.97. The lowest BCUT2D eigenvalue weighted by atomic mass is 10.2. The van der Waals surface area contributed by atoms with E-state index < -0.39 is 0 Å². The van der Waals surface area contributed by atoms with Crippen LogP contribution in [0.5, 0.6) is 11.5 Å². The lowest BCUT2D eigenvalue weighted by Gasteiger charge is -2.14. The first-order valence-corrected chi connectivity index (χ1v) is 8.08. The van der Waals surface area contributed by atoms with Gasteiger partial charge in [0.2, 0.25) is 0 Å². The Hall–Kier alpha value is -1.14. The number of hydrogen-bond donors (Lipinski definition) is 1. The van der Waals surface area contributed by atoms with Crippen molar-refractivity contribution < 1.29 is 9.47 Å². The van der Waals surface area contributed by atoms with Crippen LogP contribution < -0.4 is 14.8 Å². The van der Waals surface area contributed by atoms with Gasteiger partial charge in [-0.1, -0.05) is 17.7 Å². The van der Waals surface area contributed by atoms with Crippen LogP contribution in [0, 0.1) is 3.57 Å². The molecular weight excluding hydrogens is 401 g/mol. The highest BCUT2D eigenvalue weighted by molar-refractivity contribution is 14.1. The third kappa shape index (κ3) is 4.41. The van der Waals surface area contributed by atoms with Crippen molar-refractivity contribution in [3.05, 3.63) is 50.6 Å². The predicted octanol–water partition coefficient (Wildman–Crippen LogP) is 4.96. The molecule has 0 saturated heterocycles. The minimum atomic E-state index is 0.618. The maximum Gasteiger partial charge on any atom is 0.174 e. The quantitative estimate of drug-likeness (QED) is 0.674. The molecular formula is C16H17ClINO2. The molecule has 0 aliphatic carbocycles. The van der Waals surface area contributed by atoms with Gasteiger partial charge < -0.3 is 14.8 Å². The molecule has 0 atom stereocenters. The fraction of sp³-hybridized carbons (Fsp3) is 0.250. The van der Waals surface area contributed by atoms with Crippen molar-refractivity contribution >= 4 is 39.9 Å². The molecule has 0 aliphatic heterocycles. The lowest BCUT2D eigenvalue weighted by Crippen LogP contribution is -2.03. The molecule has 0 bridgehead atoms. The highest BCUT2D eigenvalue weighted by Crippen LogP contribution is 2.34. The first-order chi connectivity index (χ1) is 10.1. The average molecular weight is 418 g/mol. The van der Waals surface area contributed by atoms with Gasteiger partial charge >= 0.3 is 0 Å². The van der Waals surface area contributed by atoms with E-state index in [-0.39, 0.29) is 0 Å². The first-order valence-electron chi connectivity index (χ1n) is 6.62. The summed E-state index contributed by atoms with van der Waals surface area (Å²) in [6.45, 7) is 3.27. The Morgan fingerprint density at radius 3 is 2.71 bits per heavy atom. The minimum absolute atomic E-state index is 0.618. The molecule has 0 aromatic heterocycles. The summed E-state index contributed by atoms with van der Waals surface area (Å²) >= 11 is 8.24. The monoisotopic (exact) mass is 417 g/mol. The van der Waals surface area contributed by atoms with Crippen LogP contribution in [-0.4, -0.2) is 13.7 Å². The number of anilines is 1. The zero-order valence-corrected chi connectivity index (χ0v) is 14.9. The lowest BCUT2D eigenvalue weighted by molar-refractivity contribution is 0.308. The Balaban J connectivity index is 2.15. The Kier molecular flexibility index (Phi) is 5.99. The predicted molar refractivity (Wildman–Crippen MR) is 95.7 cm³/mol. The zero-order valence-electron chi connectivity index (χ0n) is 12.0. The summed E-state index contributed by atoms with van der Waals surface area (Å²) in [5.74, 6) is 1.55. The molecule has 0 heterocycles. The largest absolute Gasteiger partial charge is 0.493 e. The maximum atomic E-state index is 5.98. The Morgan fingerprint density at radius 2 is 2.05 bits per heavy atom. The minimum Gasteiger partial charge on any atom is -0.493 e. The summed E-state index contributed by atoms with van der Waals surface area (Å²) in [5.41, 5.74) is 2.12. The molecule has 5 heteroatoms. The van der Waals surface area contributed by atoms with Crippen LogP contribution >= 0.6 is 34.2 Å². The normalized spacial score (nSPS) is 10.3. The van der Waals surface area contributed by atoms with E-state index in [4.69, 9.17) is 21.1 Å². The van der Waals surface area contributed by atoms with Gasteiger partial charge in [-0.2, -0.15) is 0 Å². The second-order valence-corrected chi connectivity index (χ2v) is 6.00. The van der Waals surface area contributed by atoms with Gasteiger partial charge in [-0.15, -0.1) is 0 Å². The first kappa shape index (κ1) is 16.2. The SMILES string of the molecule is CCOc1c(I)cc(CNc2cccc(Cl)c2)cc1OC. The summed E-state index contributed by atoms with van der Waals surface area (Å²) in [6.07, 6.45) is 0. The van der Waals surface area contributed by atoms with Gasteiger partial charge in [0.05, 0.1) is 17.3 Å². The molecule has 0 fully saturated rings. The molecule has 2 aromatic carbocycles. The molecule has 0 saturated carbocycles. The van der Waals surface area contributed by atoms with Crippen LogP contribution in [0.3, 0.4) is 0 Å². The molecule has 0 aliphatic rings. The topological polar surface area (TPSA) is 30.5 Å². The van der Waals surface area contributed by atoms with Crippen LogP contribution in [0.1, 0.15) is 12.5 Å². The molecule has 0 spiro atoms. The van der Waals surface area contributed by atoms with E-state index in [0.29, 0.717) is 13.2 Å². The number of hydrogen-bond acceptors (Lipinski definition) is 3. The van der Waals surface area contributed by atoms with Crippen LogP contribution in [0.4, 0.5) is 5.69 Å². The zero-order chi connectivity index (χ0) is 15.2. The Morgan fingerprint density at radius 1 is 1.24 bits per heavy atom. The van der Waals surface area contributed by atoms with Crippen LogP contribution in [0.15, 0.2) is 36.4 Å². The standard InChI is InChI=1S/C16H17ClINO2/c1-3-21-16-14(18)7-11(8-15(16)20-2)10-19-13-6-4-5-12(17)9-13/h4-9,19H,3,10H2,1-2H3. The smallest absolute Gasteiger partial charge is 0.174 e. The van der Waals surface area contributed by atoms with Gasteiger partial charge in [-0.25, -0.2) is 0 Å². The highest BCUT2D eigenvalue weighted by Gasteiger charge is 2.11. The number of ether oxygens (including phenoxy) is 2. The summed E-state index contributed by atoms with van der Waals surface area (Å²) in [5, 5.41) is 4.07. The van der Waals surface area contributed by atoms with Gasteiger partial charge in [-0.3, -0.25) is 0 Å². The van der Waals surface area contributed by atoms with Crippen LogP contribution in [0.25, 0.3) is 0 Å². The summed E-state index contributed by atoms with van der Waals surface area (Å²) in [6, 6.07) is 11.8. The van der Waals surface area contributed by atoms with E-state index in [0.717, 1.165) is 31.3 Å². The van der Waals surface area contributed by atoms with Gasteiger partial charge in [0.15, 0.2) is 11.5 Å². The maximum absolute atomic E-state index is 5.98. The number of methoxy groups -OCH3 is 1. The van der Waals surface area contributed by atoms with Crippen molar-refractivity contribution in [2.24, 2.45) is 0 Å². The number of nitrogens with one attached hydrogen (secondary N) is 1. The van der Waals surface area contributed by atoms with Crippen LogP contribution in [0.2, 0.25) is 5.02 Å².